The molecule has 1 aliphatic carbocycles. The molecule has 3 heteroatoms. The first-order chi connectivity index (χ1) is 7.17. The van der Waals surface area contributed by atoms with Gasteiger partial charge in [-0.3, -0.25) is 4.79 Å². The summed E-state index contributed by atoms with van der Waals surface area (Å²) in [6, 6.07) is 0. The van der Waals surface area contributed by atoms with Gasteiger partial charge in [-0.15, -0.1) is 0 Å². The Balaban J connectivity index is 2.75. The minimum absolute atomic E-state index is 0.0404. The first-order valence-corrected chi connectivity index (χ1v) is 8.63. The summed E-state index contributed by atoms with van der Waals surface area (Å²) >= 11 is 0. The second-order valence-electron chi connectivity index (χ2n) is 5.87. The van der Waals surface area contributed by atoms with Gasteiger partial charge in [0, 0.05) is 12.0 Å². The van der Waals surface area contributed by atoms with Gasteiger partial charge in [0.1, 0.15) is 0 Å². The topological polar surface area (TPSA) is 26.3 Å². The van der Waals surface area contributed by atoms with Gasteiger partial charge in [-0.1, -0.05) is 33.4 Å². The van der Waals surface area contributed by atoms with Gasteiger partial charge in [0.15, 0.2) is 14.1 Å². The van der Waals surface area contributed by atoms with Crippen molar-refractivity contribution in [1.82, 2.24) is 0 Å². The fourth-order valence-electron chi connectivity index (χ4n) is 1.47. The molecule has 0 fully saturated rings. The van der Waals surface area contributed by atoms with Crippen LogP contribution in [0.4, 0.5) is 0 Å². The van der Waals surface area contributed by atoms with E-state index >= 15 is 0 Å². The molecule has 0 aromatic rings. The van der Waals surface area contributed by atoms with Gasteiger partial charge in [-0.05, 0) is 24.2 Å². The Morgan fingerprint density at radius 2 is 2.06 bits per heavy atom. The van der Waals surface area contributed by atoms with Crippen molar-refractivity contribution in [3.05, 3.63) is 24.3 Å². The summed E-state index contributed by atoms with van der Waals surface area (Å²) in [4.78, 5) is 11.5. The maximum absolute atomic E-state index is 11.5. The number of carbonyl (C=O) groups is 1. The predicted molar refractivity (Wildman–Crippen MR) is 70.0 cm³/mol. The smallest absolute Gasteiger partial charge is 0.192 e. The van der Waals surface area contributed by atoms with Crippen molar-refractivity contribution in [3.63, 3.8) is 0 Å². The minimum Gasteiger partial charge on any atom is -0.410 e. The molecule has 0 aromatic heterocycles. The number of hydrogen-bond donors (Lipinski definition) is 0. The van der Waals surface area contributed by atoms with Crippen LogP contribution in [0.2, 0.25) is 18.1 Å². The Labute approximate surface area is 99.5 Å². The van der Waals surface area contributed by atoms with E-state index in [1.165, 1.54) is 0 Å². The second-order valence-corrected chi connectivity index (χ2v) is 10.6. The molecule has 0 saturated heterocycles. The van der Waals surface area contributed by atoms with E-state index in [0.29, 0.717) is 12.0 Å². The average Bonchev–Trinajstić information content (AvgIpc) is 2.43. The third kappa shape index (κ3) is 2.71. The van der Waals surface area contributed by atoms with Gasteiger partial charge in [0.2, 0.25) is 0 Å². The summed E-state index contributed by atoms with van der Waals surface area (Å²) in [5.74, 6) is 0.152. The molecule has 16 heavy (non-hydrogen) atoms. The average molecular weight is 238 g/mol. The van der Waals surface area contributed by atoms with Crippen LogP contribution in [0.25, 0.3) is 0 Å². The summed E-state index contributed by atoms with van der Waals surface area (Å²) in [6.07, 6.45) is 3.97. The van der Waals surface area contributed by atoms with Gasteiger partial charge in [0.25, 0.3) is 0 Å². The number of rotatable bonds is 3. The van der Waals surface area contributed by atoms with Gasteiger partial charge in [-0.2, -0.15) is 0 Å². The van der Waals surface area contributed by atoms with Crippen molar-refractivity contribution in [3.8, 4) is 0 Å². The van der Waals surface area contributed by atoms with E-state index in [9.17, 15) is 4.79 Å². The molecule has 1 atom stereocenters. The highest BCUT2D eigenvalue weighted by Gasteiger charge is 2.40. The summed E-state index contributed by atoms with van der Waals surface area (Å²) in [7, 11) is -1.77. The zero-order chi connectivity index (χ0) is 12.6. The van der Waals surface area contributed by atoms with Crippen LogP contribution in [0.5, 0.6) is 0 Å². The van der Waals surface area contributed by atoms with E-state index in [1.807, 2.05) is 6.08 Å². The van der Waals surface area contributed by atoms with Crippen LogP contribution in [-0.2, 0) is 9.22 Å². The van der Waals surface area contributed by atoms with Crippen molar-refractivity contribution in [2.24, 2.45) is 0 Å². The zero-order valence-electron chi connectivity index (χ0n) is 11.0. The Morgan fingerprint density at radius 1 is 1.50 bits per heavy atom. The molecule has 0 N–H and O–H groups in total. The van der Waals surface area contributed by atoms with Crippen molar-refractivity contribution in [2.45, 2.75) is 51.4 Å². The lowest BCUT2D eigenvalue weighted by Gasteiger charge is -2.37. The first kappa shape index (κ1) is 13.4. The van der Waals surface area contributed by atoms with Crippen LogP contribution in [0, 0.1) is 0 Å². The van der Waals surface area contributed by atoms with Crippen molar-refractivity contribution in [1.29, 1.82) is 0 Å². The molecule has 1 rings (SSSR count). The molecule has 0 saturated carbocycles. The number of hydrogen-bond acceptors (Lipinski definition) is 2. The normalized spacial score (nSPS) is 22.2. The van der Waals surface area contributed by atoms with Gasteiger partial charge in [0.05, 0.1) is 6.10 Å². The lowest BCUT2D eigenvalue weighted by molar-refractivity contribution is -0.115. The molecule has 0 radical (unpaired) electrons. The SMILES string of the molecule is C=CC1=CC(O[Si](C)(C)C(C)(C)C)CC1=O. The Hall–Kier alpha value is -0.673. The Bertz CT molecular complexity index is 334. The first-order valence-electron chi connectivity index (χ1n) is 5.72. The van der Waals surface area contributed by atoms with Crippen LogP contribution in [0.15, 0.2) is 24.3 Å². The van der Waals surface area contributed by atoms with E-state index in [1.54, 1.807) is 6.08 Å². The summed E-state index contributed by atoms with van der Waals surface area (Å²) in [5, 5.41) is 0.181. The highest BCUT2D eigenvalue weighted by molar-refractivity contribution is 6.74. The molecule has 0 spiro atoms. The molecule has 0 bridgehead atoms. The van der Waals surface area contributed by atoms with Crippen molar-refractivity contribution < 1.29 is 9.22 Å². The number of allylic oxidation sites excluding steroid dienone is 2. The summed E-state index contributed by atoms with van der Waals surface area (Å²) in [5.41, 5.74) is 0.712. The van der Waals surface area contributed by atoms with E-state index in [-0.39, 0.29) is 16.9 Å². The molecule has 2 nitrogen and oxygen atoms in total. The fraction of sp³-hybridized carbons (Fsp3) is 0.615. The third-order valence-electron chi connectivity index (χ3n) is 3.55. The minimum atomic E-state index is -1.77. The fourth-order valence-corrected chi connectivity index (χ4v) is 2.73. The maximum Gasteiger partial charge on any atom is 0.192 e. The van der Waals surface area contributed by atoms with Crippen LogP contribution in [-0.4, -0.2) is 20.2 Å². The standard InChI is InChI=1S/C13H22O2Si/c1-7-10-8-11(9-12(10)14)15-16(5,6)13(2,3)4/h7-8,11H,1,9H2,2-6H3. The predicted octanol–water partition coefficient (Wildman–Crippen LogP) is 3.46. The van der Waals surface area contributed by atoms with Crippen molar-refractivity contribution in [2.75, 3.05) is 0 Å². The quantitative estimate of drug-likeness (QED) is 0.704. The van der Waals surface area contributed by atoms with Gasteiger partial charge < -0.3 is 4.43 Å². The molecule has 0 heterocycles. The second kappa shape index (κ2) is 4.30. The molecule has 0 aromatic carbocycles. The van der Waals surface area contributed by atoms with Crippen LogP contribution < -0.4 is 0 Å². The van der Waals surface area contributed by atoms with E-state index in [0.717, 1.165) is 0 Å². The third-order valence-corrected chi connectivity index (χ3v) is 8.05. The Morgan fingerprint density at radius 3 is 2.44 bits per heavy atom. The number of Topliss-reactive ketones (excluding diaryl/α,β-unsaturated/α-hetero) is 1. The molecule has 0 amide bonds. The largest absolute Gasteiger partial charge is 0.410 e. The highest BCUT2D eigenvalue weighted by atomic mass is 28.4. The molecular formula is C13H22O2Si. The molecular weight excluding hydrogens is 216 g/mol. The molecule has 1 aliphatic rings. The summed E-state index contributed by atoms with van der Waals surface area (Å²) < 4.78 is 6.16. The number of ketones is 1. The number of carbonyl (C=O) groups excluding carboxylic acids is 1. The van der Waals surface area contributed by atoms with Gasteiger partial charge >= 0.3 is 0 Å². The lowest BCUT2D eigenvalue weighted by atomic mass is 10.2. The van der Waals surface area contributed by atoms with Crippen LogP contribution in [0.3, 0.4) is 0 Å². The summed E-state index contributed by atoms with van der Waals surface area (Å²) in [6.45, 7) is 14.7. The highest BCUT2D eigenvalue weighted by Crippen LogP contribution is 2.38. The lowest BCUT2D eigenvalue weighted by Crippen LogP contribution is -2.43. The van der Waals surface area contributed by atoms with E-state index < -0.39 is 8.32 Å². The molecule has 1 unspecified atom stereocenters. The molecule has 0 aliphatic heterocycles. The van der Waals surface area contributed by atoms with Crippen LogP contribution in [0.1, 0.15) is 27.2 Å². The van der Waals surface area contributed by atoms with Crippen LogP contribution >= 0.6 is 0 Å². The van der Waals surface area contributed by atoms with Crippen molar-refractivity contribution >= 4 is 14.1 Å². The zero-order valence-corrected chi connectivity index (χ0v) is 12.0. The molecule has 90 valence electrons. The monoisotopic (exact) mass is 238 g/mol. The van der Waals surface area contributed by atoms with E-state index in [2.05, 4.69) is 40.4 Å². The maximum atomic E-state index is 11.5. The van der Waals surface area contributed by atoms with E-state index in [4.69, 9.17) is 4.43 Å². The Kier molecular flexibility index (Phi) is 3.60. The van der Waals surface area contributed by atoms with Gasteiger partial charge in [-0.25, -0.2) is 0 Å².